The third-order valence-electron chi connectivity index (χ3n) is 3.04. The number of benzene rings is 1. The van der Waals surface area contributed by atoms with Crippen molar-refractivity contribution in [2.24, 2.45) is 0 Å². The Hall–Kier alpha value is -0.640. The van der Waals surface area contributed by atoms with Gasteiger partial charge in [-0.05, 0) is 39.4 Å². The summed E-state index contributed by atoms with van der Waals surface area (Å²) in [6.07, 6.45) is 1.37. The van der Waals surface area contributed by atoms with Crippen molar-refractivity contribution in [1.82, 2.24) is 0 Å². The molecule has 90 valence electrons. The van der Waals surface area contributed by atoms with Crippen LogP contribution in [0.5, 0.6) is 0 Å². The number of hydrogen-bond acceptors (Lipinski definition) is 2. The SMILES string of the molecule is CCC(O)(Cc1sccc1Br)c1ccccc1. The van der Waals surface area contributed by atoms with Crippen molar-refractivity contribution in [2.45, 2.75) is 25.4 Å². The Morgan fingerprint density at radius 3 is 2.47 bits per heavy atom. The van der Waals surface area contributed by atoms with Gasteiger partial charge in [0.2, 0.25) is 0 Å². The first-order chi connectivity index (χ1) is 8.15. The highest BCUT2D eigenvalue weighted by molar-refractivity contribution is 9.10. The molecule has 0 aliphatic heterocycles. The molecule has 1 heterocycles. The molecule has 0 amide bonds. The number of aliphatic hydroxyl groups is 1. The van der Waals surface area contributed by atoms with Crippen LogP contribution in [0.2, 0.25) is 0 Å². The fourth-order valence-electron chi connectivity index (χ4n) is 1.90. The number of rotatable bonds is 4. The van der Waals surface area contributed by atoms with Gasteiger partial charge in [0, 0.05) is 15.8 Å². The van der Waals surface area contributed by atoms with Gasteiger partial charge in [0.15, 0.2) is 0 Å². The maximum absolute atomic E-state index is 10.8. The molecule has 2 aromatic rings. The zero-order valence-corrected chi connectivity index (χ0v) is 12.1. The monoisotopic (exact) mass is 310 g/mol. The Morgan fingerprint density at radius 1 is 1.24 bits per heavy atom. The first-order valence-corrected chi connectivity index (χ1v) is 7.33. The lowest BCUT2D eigenvalue weighted by Gasteiger charge is -2.27. The fourth-order valence-corrected chi connectivity index (χ4v) is 3.50. The predicted molar refractivity (Wildman–Crippen MR) is 76.4 cm³/mol. The first-order valence-electron chi connectivity index (χ1n) is 5.65. The smallest absolute Gasteiger partial charge is 0.0942 e. The van der Waals surface area contributed by atoms with Gasteiger partial charge in [-0.1, -0.05) is 37.3 Å². The Bertz CT molecular complexity index is 480. The summed E-state index contributed by atoms with van der Waals surface area (Å²) < 4.78 is 1.09. The molecule has 0 saturated carbocycles. The van der Waals surface area contributed by atoms with Gasteiger partial charge >= 0.3 is 0 Å². The van der Waals surface area contributed by atoms with E-state index < -0.39 is 5.60 Å². The molecule has 2 rings (SSSR count). The molecule has 1 atom stereocenters. The molecule has 3 heteroatoms. The van der Waals surface area contributed by atoms with E-state index in [0.29, 0.717) is 12.8 Å². The molecule has 0 aliphatic carbocycles. The molecule has 0 fully saturated rings. The summed E-state index contributed by atoms with van der Waals surface area (Å²) in [5.41, 5.74) is 0.219. The van der Waals surface area contributed by atoms with E-state index in [-0.39, 0.29) is 0 Å². The van der Waals surface area contributed by atoms with Crippen molar-refractivity contribution < 1.29 is 5.11 Å². The minimum atomic E-state index is -0.769. The van der Waals surface area contributed by atoms with Gasteiger partial charge < -0.3 is 5.11 Å². The van der Waals surface area contributed by atoms with Crippen LogP contribution in [-0.2, 0) is 12.0 Å². The molecule has 0 aliphatic rings. The van der Waals surface area contributed by atoms with Crippen LogP contribution in [0.1, 0.15) is 23.8 Å². The maximum Gasteiger partial charge on any atom is 0.0942 e. The molecule has 1 aromatic heterocycles. The fraction of sp³-hybridized carbons (Fsp3) is 0.286. The van der Waals surface area contributed by atoms with Crippen molar-refractivity contribution in [3.8, 4) is 0 Å². The van der Waals surface area contributed by atoms with Crippen molar-refractivity contribution in [3.05, 3.63) is 56.7 Å². The zero-order valence-electron chi connectivity index (χ0n) is 9.69. The van der Waals surface area contributed by atoms with E-state index in [2.05, 4.69) is 15.9 Å². The summed E-state index contributed by atoms with van der Waals surface area (Å²) in [4.78, 5) is 1.19. The largest absolute Gasteiger partial charge is 0.385 e. The average Bonchev–Trinajstić information content (AvgIpc) is 2.76. The number of hydrogen-bond donors (Lipinski definition) is 1. The van der Waals surface area contributed by atoms with Crippen LogP contribution in [0.3, 0.4) is 0 Å². The van der Waals surface area contributed by atoms with E-state index in [1.165, 1.54) is 4.88 Å². The van der Waals surface area contributed by atoms with E-state index in [0.717, 1.165) is 10.0 Å². The molecular weight excluding hydrogens is 296 g/mol. The van der Waals surface area contributed by atoms with Crippen molar-refractivity contribution in [2.75, 3.05) is 0 Å². The number of thiophene rings is 1. The molecule has 0 spiro atoms. The third kappa shape index (κ3) is 2.79. The molecule has 0 radical (unpaired) electrons. The third-order valence-corrected chi connectivity index (χ3v) is 4.97. The summed E-state index contributed by atoms with van der Waals surface area (Å²) in [5, 5.41) is 12.8. The van der Waals surface area contributed by atoms with Crippen LogP contribution >= 0.6 is 27.3 Å². The highest BCUT2D eigenvalue weighted by Crippen LogP contribution is 2.34. The highest BCUT2D eigenvalue weighted by atomic mass is 79.9. The Balaban J connectivity index is 2.30. The normalized spacial score (nSPS) is 14.5. The summed E-state index contributed by atoms with van der Waals surface area (Å²) in [5.74, 6) is 0. The molecule has 1 N–H and O–H groups in total. The summed E-state index contributed by atoms with van der Waals surface area (Å²) in [6.45, 7) is 2.02. The van der Waals surface area contributed by atoms with E-state index >= 15 is 0 Å². The molecule has 1 nitrogen and oxygen atoms in total. The lowest BCUT2D eigenvalue weighted by Crippen LogP contribution is -2.27. The van der Waals surface area contributed by atoms with Crippen LogP contribution < -0.4 is 0 Å². The van der Waals surface area contributed by atoms with E-state index in [9.17, 15) is 5.11 Å². The standard InChI is InChI=1S/C14H15BrOS/c1-2-14(16,11-6-4-3-5-7-11)10-13-12(15)8-9-17-13/h3-9,16H,2,10H2,1H3. The Labute approximate surface area is 114 Å². The number of halogens is 1. The second-order valence-electron chi connectivity index (χ2n) is 4.12. The van der Waals surface area contributed by atoms with E-state index in [1.54, 1.807) is 11.3 Å². The van der Waals surface area contributed by atoms with Gasteiger partial charge in [-0.3, -0.25) is 0 Å². The van der Waals surface area contributed by atoms with Crippen LogP contribution in [0.15, 0.2) is 46.3 Å². The van der Waals surface area contributed by atoms with Crippen molar-refractivity contribution in [3.63, 3.8) is 0 Å². The minimum absolute atomic E-state index is 0.658. The van der Waals surface area contributed by atoms with Crippen molar-refractivity contribution in [1.29, 1.82) is 0 Å². The van der Waals surface area contributed by atoms with Gasteiger partial charge in [0.1, 0.15) is 0 Å². The first kappa shape index (κ1) is 12.8. The predicted octanol–water partition coefficient (Wildman–Crippen LogP) is 4.35. The second kappa shape index (κ2) is 5.34. The molecule has 0 bridgehead atoms. The molecule has 1 aromatic carbocycles. The maximum atomic E-state index is 10.8. The Morgan fingerprint density at radius 2 is 1.94 bits per heavy atom. The second-order valence-corrected chi connectivity index (χ2v) is 5.97. The Kier molecular flexibility index (Phi) is 4.02. The highest BCUT2D eigenvalue weighted by Gasteiger charge is 2.28. The lowest BCUT2D eigenvalue weighted by molar-refractivity contribution is 0.0334. The molecular formula is C14H15BrOS. The minimum Gasteiger partial charge on any atom is -0.385 e. The van der Waals surface area contributed by atoms with Gasteiger partial charge in [0.05, 0.1) is 5.60 Å². The summed E-state index contributed by atoms with van der Waals surface area (Å²) in [7, 11) is 0. The van der Waals surface area contributed by atoms with Gasteiger partial charge in [0.25, 0.3) is 0 Å². The summed E-state index contributed by atoms with van der Waals surface area (Å²) in [6, 6.07) is 11.9. The van der Waals surface area contributed by atoms with Crippen LogP contribution in [0, 0.1) is 0 Å². The summed E-state index contributed by atoms with van der Waals surface area (Å²) >= 11 is 5.20. The lowest BCUT2D eigenvalue weighted by atomic mass is 9.87. The van der Waals surface area contributed by atoms with E-state index in [4.69, 9.17) is 0 Å². The zero-order chi connectivity index (χ0) is 12.3. The van der Waals surface area contributed by atoms with Gasteiger partial charge in [-0.15, -0.1) is 11.3 Å². The quantitative estimate of drug-likeness (QED) is 0.890. The van der Waals surface area contributed by atoms with Crippen molar-refractivity contribution >= 4 is 27.3 Å². The average molecular weight is 311 g/mol. The van der Waals surface area contributed by atoms with Crippen LogP contribution in [-0.4, -0.2) is 5.11 Å². The van der Waals surface area contributed by atoms with Gasteiger partial charge in [-0.25, -0.2) is 0 Å². The molecule has 0 saturated heterocycles. The molecule has 1 unspecified atom stereocenters. The molecule has 17 heavy (non-hydrogen) atoms. The topological polar surface area (TPSA) is 20.2 Å². The van der Waals surface area contributed by atoms with Crippen LogP contribution in [0.25, 0.3) is 0 Å². The van der Waals surface area contributed by atoms with E-state index in [1.807, 2.05) is 48.7 Å². The van der Waals surface area contributed by atoms with Gasteiger partial charge in [-0.2, -0.15) is 0 Å². The van der Waals surface area contributed by atoms with Crippen LogP contribution in [0.4, 0.5) is 0 Å².